The first kappa shape index (κ1) is 25.9. The number of Topliss-reactive ketones (excluding diaryl/α,β-unsaturated/α-hetero) is 2. The third-order valence-corrected chi connectivity index (χ3v) is 8.43. The minimum Gasteiger partial charge on any atom is -0.510 e. The Hall–Kier alpha value is -4.33. The molecule has 4 aliphatic rings. The number of nitrogens with zero attached hydrogens (tertiary/aromatic N) is 3. The molecule has 1 saturated carbocycles. The second-order valence-corrected chi connectivity index (χ2v) is 10.7. The highest BCUT2D eigenvalue weighted by molar-refractivity contribution is 6.14. The molecule has 1 spiro atoms. The Labute approximate surface area is 227 Å². The van der Waals surface area contributed by atoms with E-state index in [2.05, 4.69) is 15.3 Å². The van der Waals surface area contributed by atoms with Crippen molar-refractivity contribution in [3.05, 3.63) is 64.3 Å². The number of benzene rings is 1. The number of primary amides is 1. The number of carbonyl (C=O) groups is 3. The largest absolute Gasteiger partial charge is 0.510 e. The van der Waals surface area contributed by atoms with Crippen LogP contribution in [0, 0.1) is 11.8 Å². The number of likely N-dealkylation sites (N-methyl/N-ethyl adjacent to an activating group) is 1. The third-order valence-electron chi connectivity index (χ3n) is 8.43. The van der Waals surface area contributed by atoms with Gasteiger partial charge in [-0.25, -0.2) is 9.97 Å². The Morgan fingerprint density at radius 1 is 1.23 bits per heavy atom. The number of phenols is 1. The van der Waals surface area contributed by atoms with Crippen LogP contribution in [0.3, 0.4) is 0 Å². The molecule has 13 heteroatoms. The number of phenolic OH excluding ortho intramolecular Hbond substituents is 1. The fraction of sp³-hybridized carbons (Fsp3) is 0.370. The van der Waals surface area contributed by atoms with Gasteiger partial charge in [-0.1, -0.05) is 0 Å². The van der Waals surface area contributed by atoms with Crippen LogP contribution in [0.25, 0.3) is 5.76 Å². The Morgan fingerprint density at radius 3 is 2.62 bits per heavy atom. The van der Waals surface area contributed by atoms with E-state index in [1.54, 1.807) is 25.1 Å². The number of aromatic nitrogens is 2. The first-order chi connectivity index (χ1) is 18.9. The number of rotatable bonds is 6. The summed E-state index contributed by atoms with van der Waals surface area (Å²) in [5.74, 6) is -7.05. The molecule has 0 radical (unpaired) electrons. The number of anilines is 1. The van der Waals surface area contributed by atoms with E-state index < -0.39 is 58.0 Å². The first-order valence-corrected chi connectivity index (χ1v) is 12.6. The van der Waals surface area contributed by atoms with Crippen molar-refractivity contribution in [2.24, 2.45) is 17.6 Å². The average molecular weight is 550 g/mol. The summed E-state index contributed by atoms with van der Waals surface area (Å²) in [6.07, 6.45) is 3.12. The number of carbonyl (C=O) groups excluding carboxylic acids is 3. The van der Waals surface area contributed by atoms with E-state index in [1.165, 1.54) is 24.7 Å². The maximum Gasteiger partial charge on any atom is 0.253 e. The Balaban J connectivity index is 1.43. The highest BCUT2D eigenvalue weighted by Crippen LogP contribution is 2.67. The van der Waals surface area contributed by atoms with Crippen LogP contribution in [0.2, 0.25) is 0 Å². The number of hydrogen-bond donors (Lipinski definition) is 6. The van der Waals surface area contributed by atoms with Crippen LogP contribution in [0.5, 0.6) is 5.75 Å². The molecule has 2 aromatic rings. The van der Waals surface area contributed by atoms with Gasteiger partial charge < -0.3 is 36.2 Å². The fourth-order valence-corrected chi connectivity index (χ4v) is 6.78. The number of ketones is 2. The molecule has 40 heavy (non-hydrogen) atoms. The molecule has 7 N–H and O–H groups in total. The molecule has 1 saturated heterocycles. The van der Waals surface area contributed by atoms with Crippen molar-refractivity contribution in [3.63, 3.8) is 0 Å². The van der Waals surface area contributed by atoms with Gasteiger partial charge in [-0.15, -0.1) is 0 Å². The number of nitrogens with one attached hydrogen (secondary N) is 1. The fourth-order valence-electron chi connectivity index (χ4n) is 6.78. The van der Waals surface area contributed by atoms with Crippen LogP contribution in [-0.2, 0) is 20.7 Å². The Bertz CT molecular complexity index is 1550. The first-order valence-electron chi connectivity index (χ1n) is 12.6. The normalized spacial score (nSPS) is 30.3. The molecule has 1 aromatic heterocycles. The zero-order valence-electron chi connectivity index (χ0n) is 21.6. The molecule has 13 nitrogen and oxygen atoms in total. The van der Waals surface area contributed by atoms with E-state index in [-0.39, 0.29) is 47.6 Å². The monoisotopic (exact) mass is 549 g/mol. The van der Waals surface area contributed by atoms with E-state index in [4.69, 9.17) is 10.5 Å². The van der Waals surface area contributed by atoms with Gasteiger partial charge in [0, 0.05) is 23.3 Å². The lowest BCUT2D eigenvalue weighted by atomic mass is 9.58. The second kappa shape index (κ2) is 8.58. The summed E-state index contributed by atoms with van der Waals surface area (Å²) in [6, 6.07) is 3.43. The lowest BCUT2D eigenvalue weighted by molar-refractivity contribution is -0.127. The van der Waals surface area contributed by atoms with Crippen molar-refractivity contribution >= 4 is 29.1 Å². The quantitative estimate of drug-likeness (QED) is 0.211. The zero-order valence-corrected chi connectivity index (χ0v) is 21.6. The van der Waals surface area contributed by atoms with Gasteiger partial charge in [0.1, 0.15) is 35.0 Å². The van der Waals surface area contributed by atoms with Crippen LogP contribution in [-0.4, -0.2) is 90.8 Å². The van der Waals surface area contributed by atoms with Gasteiger partial charge in [-0.3, -0.25) is 19.3 Å². The van der Waals surface area contributed by atoms with Crippen LogP contribution in [0.15, 0.2) is 47.6 Å². The number of fused-ring (bicyclic) bond motifs is 2. The third kappa shape index (κ3) is 3.28. The van der Waals surface area contributed by atoms with E-state index in [1.807, 2.05) is 0 Å². The van der Waals surface area contributed by atoms with Crippen molar-refractivity contribution < 1.29 is 39.5 Å². The average Bonchev–Trinajstić information content (AvgIpc) is 3.53. The zero-order chi connectivity index (χ0) is 28.7. The molecule has 0 bridgehead atoms. The smallest absolute Gasteiger partial charge is 0.253 e. The van der Waals surface area contributed by atoms with Crippen molar-refractivity contribution in [3.8, 4) is 5.75 Å². The van der Waals surface area contributed by atoms with E-state index in [9.17, 15) is 34.8 Å². The number of aromatic hydroxyl groups is 1. The lowest BCUT2D eigenvalue weighted by Crippen LogP contribution is -2.60. The molecular weight excluding hydrogens is 522 g/mol. The van der Waals surface area contributed by atoms with Gasteiger partial charge in [0.05, 0.1) is 18.2 Å². The summed E-state index contributed by atoms with van der Waals surface area (Å²) in [7, 11) is 3.28. The van der Waals surface area contributed by atoms with Crippen LogP contribution in [0.4, 0.5) is 5.82 Å². The minimum absolute atomic E-state index is 0.0555. The summed E-state index contributed by atoms with van der Waals surface area (Å²) >= 11 is 0. The lowest BCUT2D eigenvalue weighted by Gasteiger charge is -2.46. The van der Waals surface area contributed by atoms with Crippen molar-refractivity contribution in [2.45, 2.75) is 30.3 Å². The molecule has 2 heterocycles. The Kier molecular flexibility index (Phi) is 5.56. The number of aliphatic hydroxyl groups excluding tert-OH is 2. The summed E-state index contributed by atoms with van der Waals surface area (Å²) < 4.78 is 5.63. The standard InChI is InChI=1S/C27H27N5O8/c1-32(2)21-14-8-11-7-13-12(16(34)9-30-17-5-6-29-10-31-17)3-4-15(33)19(13)22(35)18(11)24(37)26(14)27(39,40-26)20(23(21)36)25(28)38/h3-6,10-11,14,21,33,35-36,39H,7-9H2,1-2H3,(H2,28,38)(H,29,30,31)/t11-,14-,21+,26-,27?/m0/s1. The molecule has 1 aliphatic heterocycles. The molecule has 208 valence electrons. The van der Waals surface area contributed by atoms with Gasteiger partial charge in [0.25, 0.3) is 5.91 Å². The molecule has 2 fully saturated rings. The van der Waals surface area contributed by atoms with Crippen LogP contribution in [0.1, 0.15) is 27.9 Å². The predicted molar refractivity (Wildman–Crippen MR) is 138 cm³/mol. The van der Waals surface area contributed by atoms with Gasteiger partial charge in [0.15, 0.2) is 11.4 Å². The number of ether oxygens (including phenoxy) is 1. The van der Waals surface area contributed by atoms with Gasteiger partial charge >= 0.3 is 0 Å². The van der Waals surface area contributed by atoms with E-state index in [0.29, 0.717) is 11.4 Å². The number of amides is 1. The predicted octanol–water partition coefficient (Wildman–Crippen LogP) is 0.206. The summed E-state index contributed by atoms with van der Waals surface area (Å²) in [4.78, 5) is 49.0. The van der Waals surface area contributed by atoms with Crippen molar-refractivity contribution in [1.29, 1.82) is 0 Å². The van der Waals surface area contributed by atoms with Crippen molar-refractivity contribution in [2.75, 3.05) is 26.0 Å². The van der Waals surface area contributed by atoms with Gasteiger partial charge in [-0.05, 0) is 56.6 Å². The highest BCUT2D eigenvalue weighted by Gasteiger charge is 2.85. The summed E-state index contributed by atoms with van der Waals surface area (Å²) in [5, 5.41) is 47.3. The van der Waals surface area contributed by atoms with E-state index >= 15 is 0 Å². The Morgan fingerprint density at radius 2 is 1.98 bits per heavy atom. The summed E-state index contributed by atoms with van der Waals surface area (Å²) in [5.41, 5.74) is 3.39. The number of aliphatic hydroxyl groups is 3. The number of nitrogens with two attached hydrogens (primary N) is 1. The maximum atomic E-state index is 14.1. The van der Waals surface area contributed by atoms with E-state index in [0.717, 1.165) is 0 Å². The van der Waals surface area contributed by atoms with Crippen LogP contribution < -0.4 is 11.1 Å². The minimum atomic E-state index is -2.46. The van der Waals surface area contributed by atoms with Gasteiger partial charge in [-0.2, -0.15) is 0 Å². The SMILES string of the molecule is CN(C)[C@H]1C(O)=C(C(N)=O)C2(O)O[C@@]23C(=O)C2=C(O)c4c(O)ccc(C(=O)CNc5ccncn5)c4C[C@H]2C[C@@H]13. The molecular formula is C27H27N5O8. The molecule has 5 atom stereocenters. The van der Waals surface area contributed by atoms with Gasteiger partial charge in [0.2, 0.25) is 11.6 Å². The van der Waals surface area contributed by atoms with Crippen molar-refractivity contribution in [1.82, 2.24) is 14.9 Å². The second-order valence-electron chi connectivity index (χ2n) is 10.7. The number of epoxide rings is 1. The topological polar surface area (TPSA) is 212 Å². The number of hydrogen-bond acceptors (Lipinski definition) is 12. The summed E-state index contributed by atoms with van der Waals surface area (Å²) in [6.45, 7) is -0.126. The highest BCUT2D eigenvalue weighted by atomic mass is 16.8. The molecule has 3 aliphatic carbocycles. The molecule has 1 aromatic carbocycles. The maximum absolute atomic E-state index is 14.1. The molecule has 1 unspecified atom stereocenters. The molecule has 6 rings (SSSR count). The molecule has 1 amide bonds. The van der Waals surface area contributed by atoms with Crippen LogP contribution >= 0.6 is 0 Å².